The summed E-state index contributed by atoms with van der Waals surface area (Å²) in [4.78, 5) is 12.1. The van der Waals surface area contributed by atoms with E-state index in [0.717, 1.165) is 5.56 Å². The lowest BCUT2D eigenvalue weighted by atomic mass is 10.2. The molecule has 0 saturated carbocycles. The summed E-state index contributed by atoms with van der Waals surface area (Å²) in [6.07, 6.45) is 3.46. The number of carbonyl (C=O) groups is 1. The van der Waals surface area contributed by atoms with Gasteiger partial charge in [-0.2, -0.15) is 5.10 Å². The van der Waals surface area contributed by atoms with E-state index in [4.69, 9.17) is 4.42 Å². The summed E-state index contributed by atoms with van der Waals surface area (Å²) in [5.74, 6) is -0.250. The van der Waals surface area contributed by atoms with Crippen LogP contribution in [0.2, 0.25) is 0 Å². The predicted molar refractivity (Wildman–Crippen MR) is 79.1 cm³/mol. The molecule has 0 aliphatic carbocycles. The predicted octanol–water partition coefficient (Wildman–Crippen LogP) is 3.22. The van der Waals surface area contributed by atoms with Crippen molar-refractivity contribution in [3.63, 3.8) is 0 Å². The topological polar surface area (TPSA) is 60.1 Å². The lowest BCUT2D eigenvalue weighted by molar-refractivity contribution is 0.0994. The Kier molecular flexibility index (Phi) is 3.74. The smallest absolute Gasteiger partial charge is 0.291 e. The first-order valence-corrected chi connectivity index (χ1v) is 6.75. The minimum Gasteiger partial charge on any atom is -0.454 e. The number of hydrogen-bond acceptors (Lipinski definition) is 3. The Morgan fingerprint density at radius 3 is 3.00 bits per heavy atom. The highest BCUT2D eigenvalue weighted by atomic mass is 19.1. The maximum absolute atomic E-state index is 13.6. The first-order chi connectivity index (χ1) is 10.6. The number of furan rings is 1. The van der Waals surface area contributed by atoms with Crippen LogP contribution in [0, 0.1) is 12.7 Å². The molecule has 0 fully saturated rings. The summed E-state index contributed by atoms with van der Waals surface area (Å²) >= 11 is 0. The van der Waals surface area contributed by atoms with Gasteiger partial charge in [-0.25, -0.2) is 4.39 Å². The summed E-state index contributed by atoms with van der Waals surface area (Å²) in [5, 5.41) is 6.57. The zero-order chi connectivity index (χ0) is 15.5. The van der Waals surface area contributed by atoms with Crippen molar-refractivity contribution in [3.05, 3.63) is 71.7 Å². The van der Waals surface area contributed by atoms with Gasteiger partial charge in [0.15, 0.2) is 5.76 Å². The largest absolute Gasteiger partial charge is 0.454 e. The number of halogens is 1. The highest BCUT2D eigenvalue weighted by molar-refractivity contribution is 6.02. The Balaban J connectivity index is 1.72. The third-order valence-corrected chi connectivity index (χ3v) is 3.13. The summed E-state index contributed by atoms with van der Waals surface area (Å²) in [6, 6.07) is 9.58. The van der Waals surface area contributed by atoms with Crippen LogP contribution in [0.3, 0.4) is 0 Å². The van der Waals surface area contributed by atoms with Crippen LogP contribution in [-0.4, -0.2) is 15.7 Å². The fraction of sp³-hybridized carbons (Fsp3) is 0.125. The highest BCUT2D eigenvalue weighted by Crippen LogP contribution is 2.17. The fourth-order valence-corrected chi connectivity index (χ4v) is 2.06. The van der Waals surface area contributed by atoms with Crippen LogP contribution < -0.4 is 5.32 Å². The molecule has 0 unspecified atom stereocenters. The average molecular weight is 299 g/mol. The molecule has 0 aliphatic rings. The maximum atomic E-state index is 13.6. The lowest BCUT2D eigenvalue weighted by Crippen LogP contribution is -2.12. The van der Waals surface area contributed by atoms with E-state index < -0.39 is 11.7 Å². The molecule has 5 nitrogen and oxygen atoms in total. The standard InChI is InChI=1S/C16H14FN3O2/c1-11-3-5-13(17)14(9-11)19-16(21)15-6-4-12(22-15)10-20-8-2-7-18-20/h2-9H,10H2,1H3,(H,19,21). The molecule has 0 radical (unpaired) electrons. The molecule has 3 rings (SSSR count). The quantitative estimate of drug-likeness (QED) is 0.804. The van der Waals surface area contributed by atoms with Crippen LogP contribution in [0.4, 0.5) is 10.1 Å². The van der Waals surface area contributed by atoms with Gasteiger partial charge in [0.1, 0.15) is 11.6 Å². The summed E-state index contributed by atoms with van der Waals surface area (Å²) in [7, 11) is 0. The second-order valence-corrected chi connectivity index (χ2v) is 4.91. The molecule has 2 aromatic heterocycles. The Bertz CT molecular complexity index is 794. The normalized spacial score (nSPS) is 10.6. The Morgan fingerprint density at radius 1 is 1.36 bits per heavy atom. The molecular weight excluding hydrogens is 285 g/mol. The molecule has 1 N–H and O–H groups in total. The number of anilines is 1. The highest BCUT2D eigenvalue weighted by Gasteiger charge is 2.14. The number of aryl methyl sites for hydroxylation is 1. The van der Waals surface area contributed by atoms with Crippen LogP contribution in [0.15, 0.2) is 53.2 Å². The average Bonchev–Trinajstić information content (AvgIpc) is 3.15. The zero-order valence-electron chi connectivity index (χ0n) is 11.9. The van der Waals surface area contributed by atoms with Gasteiger partial charge in [0.25, 0.3) is 5.91 Å². The number of benzene rings is 1. The van der Waals surface area contributed by atoms with Gasteiger partial charge in [-0.15, -0.1) is 0 Å². The van der Waals surface area contributed by atoms with E-state index in [2.05, 4.69) is 10.4 Å². The number of rotatable bonds is 4. The molecule has 3 aromatic rings. The molecule has 6 heteroatoms. The Hall–Kier alpha value is -2.89. The summed E-state index contributed by atoms with van der Waals surface area (Å²) in [6.45, 7) is 2.25. The molecular formula is C16H14FN3O2. The second-order valence-electron chi connectivity index (χ2n) is 4.91. The van der Waals surface area contributed by atoms with Gasteiger partial charge in [0.05, 0.1) is 12.2 Å². The van der Waals surface area contributed by atoms with Crippen LogP contribution in [0.5, 0.6) is 0 Å². The molecule has 1 aromatic carbocycles. The maximum Gasteiger partial charge on any atom is 0.291 e. The Labute approximate surface area is 126 Å². The third kappa shape index (κ3) is 3.06. The van der Waals surface area contributed by atoms with Gasteiger partial charge in [0.2, 0.25) is 0 Å². The molecule has 0 spiro atoms. The van der Waals surface area contributed by atoms with Gasteiger partial charge < -0.3 is 9.73 Å². The van der Waals surface area contributed by atoms with Crippen LogP contribution in [0.1, 0.15) is 21.9 Å². The molecule has 0 aliphatic heterocycles. The minimum atomic E-state index is -0.490. The van der Waals surface area contributed by atoms with E-state index in [9.17, 15) is 9.18 Å². The van der Waals surface area contributed by atoms with Crippen molar-refractivity contribution < 1.29 is 13.6 Å². The molecule has 0 bridgehead atoms. The van der Waals surface area contributed by atoms with E-state index >= 15 is 0 Å². The second kappa shape index (κ2) is 5.85. The number of aromatic nitrogens is 2. The number of nitrogens with zero attached hydrogens (tertiary/aromatic N) is 2. The fourth-order valence-electron chi connectivity index (χ4n) is 2.06. The van der Waals surface area contributed by atoms with Crippen LogP contribution in [0.25, 0.3) is 0 Å². The van der Waals surface area contributed by atoms with Crippen LogP contribution in [-0.2, 0) is 6.54 Å². The van der Waals surface area contributed by atoms with Crippen molar-refractivity contribution in [2.75, 3.05) is 5.32 Å². The van der Waals surface area contributed by atoms with Crippen molar-refractivity contribution in [2.45, 2.75) is 13.5 Å². The lowest BCUT2D eigenvalue weighted by Gasteiger charge is -2.05. The summed E-state index contributed by atoms with van der Waals surface area (Å²) in [5.41, 5.74) is 0.991. The van der Waals surface area contributed by atoms with Crippen molar-refractivity contribution in [2.24, 2.45) is 0 Å². The minimum absolute atomic E-state index is 0.128. The number of carbonyl (C=O) groups excluding carboxylic acids is 1. The summed E-state index contributed by atoms with van der Waals surface area (Å²) < 4.78 is 20.8. The SMILES string of the molecule is Cc1ccc(F)c(NC(=O)c2ccc(Cn3cccn3)o2)c1. The van der Waals surface area contributed by atoms with Crippen molar-refractivity contribution in [1.29, 1.82) is 0 Å². The van der Waals surface area contributed by atoms with Gasteiger partial charge in [-0.05, 0) is 42.8 Å². The van der Waals surface area contributed by atoms with E-state index in [1.165, 1.54) is 6.07 Å². The van der Waals surface area contributed by atoms with E-state index in [0.29, 0.717) is 12.3 Å². The van der Waals surface area contributed by atoms with Gasteiger partial charge >= 0.3 is 0 Å². The first kappa shape index (κ1) is 14.1. The molecule has 112 valence electrons. The molecule has 0 saturated heterocycles. The van der Waals surface area contributed by atoms with Gasteiger partial charge in [-0.1, -0.05) is 6.07 Å². The van der Waals surface area contributed by atoms with Crippen molar-refractivity contribution in [3.8, 4) is 0 Å². The van der Waals surface area contributed by atoms with Crippen molar-refractivity contribution >= 4 is 11.6 Å². The molecule has 1 amide bonds. The van der Waals surface area contributed by atoms with Crippen LogP contribution >= 0.6 is 0 Å². The number of hydrogen-bond donors (Lipinski definition) is 1. The van der Waals surface area contributed by atoms with Crippen molar-refractivity contribution in [1.82, 2.24) is 9.78 Å². The third-order valence-electron chi connectivity index (χ3n) is 3.13. The Morgan fingerprint density at radius 2 is 2.23 bits per heavy atom. The first-order valence-electron chi connectivity index (χ1n) is 6.75. The van der Waals surface area contributed by atoms with Gasteiger partial charge in [-0.3, -0.25) is 9.48 Å². The molecule has 2 heterocycles. The number of amides is 1. The molecule has 22 heavy (non-hydrogen) atoms. The van der Waals surface area contributed by atoms with E-state index in [1.54, 1.807) is 47.4 Å². The molecule has 0 atom stereocenters. The van der Waals surface area contributed by atoms with Gasteiger partial charge in [0, 0.05) is 12.4 Å². The monoisotopic (exact) mass is 299 g/mol. The number of nitrogens with one attached hydrogen (secondary N) is 1. The van der Waals surface area contributed by atoms with E-state index in [-0.39, 0.29) is 11.4 Å². The zero-order valence-corrected chi connectivity index (χ0v) is 11.9. The van der Waals surface area contributed by atoms with E-state index in [1.807, 2.05) is 6.92 Å².